The van der Waals surface area contributed by atoms with Crippen molar-refractivity contribution in [2.75, 3.05) is 20.1 Å². The maximum atomic E-state index is 3.51. The Bertz CT molecular complexity index is 172. The minimum atomic E-state index is 0.314. The molecule has 1 aliphatic rings. The summed E-state index contributed by atoms with van der Waals surface area (Å²) in [5.41, 5.74) is 0.314. The topological polar surface area (TPSA) is 15.3 Å². The van der Waals surface area contributed by atoms with E-state index in [1.54, 1.807) is 0 Å². The molecule has 2 heteroatoms. The molecule has 0 aliphatic carbocycles. The lowest BCUT2D eigenvalue weighted by Gasteiger charge is -2.37. The van der Waals surface area contributed by atoms with Gasteiger partial charge in [0.2, 0.25) is 0 Å². The first kappa shape index (κ1) is 12.0. The number of hydrogen-bond acceptors (Lipinski definition) is 2. The first-order valence-corrected chi connectivity index (χ1v) is 5.84. The lowest BCUT2D eigenvalue weighted by molar-refractivity contribution is 0.130. The summed E-state index contributed by atoms with van der Waals surface area (Å²) in [6.07, 6.45) is 2.67. The monoisotopic (exact) mass is 198 g/mol. The van der Waals surface area contributed by atoms with Crippen molar-refractivity contribution in [2.24, 2.45) is 5.92 Å². The Kier molecular flexibility index (Phi) is 3.96. The molecule has 14 heavy (non-hydrogen) atoms. The van der Waals surface area contributed by atoms with E-state index in [4.69, 9.17) is 0 Å². The Labute approximate surface area is 89.1 Å². The van der Waals surface area contributed by atoms with Crippen LogP contribution in [-0.4, -0.2) is 36.6 Å². The first-order valence-electron chi connectivity index (χ1n) is 5.84. The van der Waals surface area contributed by atoms with Crippen molar-refractivity contribution >= 4 is 0 Å². The average Bonchev–Trinajstić information content (AvgIpc) is 2.02. The van der Waals surface area contributed by atoms with Crippen molar-refractivity contribution in [3.63, 3.8) is 0 Å². The van der Waals surface area contributed by atoms with E-state index in [1.807, 2.05) is 0 Å². The molecule has 0 radical (unpaired) electrons. The highest BCUT2D eigenvalue weighted by Crippen LogP contribution is 2.20. The molecule has 0 aromatic rings. The van der Waals surface area contributed by atoms with Gasteiger partial charge in [0.25, 0.3) is 0 Å². The third-order valence-electron chi connectivity index (χ3n) is 3.41. The van der Waals surface area contributed by atoms with Gasteiger partial charge < -0.3 is 10.2 Å². The van der Waals surface area contributed by atoms with Gasteiger partial charge in [-0.3, -0.25) is 0 Å². The molecule has 1 fully saturated rings. The second kappa shape index (κ2) is 4.63. The minimum absolute atomic E-state index is 0.314. The molecule has 0 saturated carbocycles. The van der Waals surface area contributed by atoms with E-state index in [1.165, 1.54) is 25.9 Å². The Morgan fingerprint density at radius 3 is 2.50 bits per heavy atom. The van der Waals surface area contributed by atoms with Gasteiger partial charge in [-0.15, -0.1) is 0 Å². The van der Waals surface area contributed by atoms with Crippen LogP contribution in [0.25, 0.3) is 0 Å². The summed E-state index contributed by atoms with van der Waals surface area (Å²) >= 11 is 0. The third kappa shape index (κ3) is 3.58. The van der Waals surface area contributed by atoms with E-state index in [9.17, 15) is 0 Å². The Balaban J connectivity index is 2.36. The first-order chi connectivity index (χ1) is 6.39. The number of nitrogens with zero attached hydrogens (tertiary/aromatic N) is 1. The predicted molar refractivity (Wildman–Crippen MR) is 62.6 cm³/mol. The SMILES string of the molecule is CC1CC(CN(C)C(C)(C)C)CCN1. The molecule has 2 nitrogen and oxygen atoms in total. The van der Waals surface area contributed by atoms with Crippen LogP contribution < -0.4 is 5.32 Å². The highest BCUT2D eigenvalue weighted by Gasteiger charge is 2.24. The third-order valence-corrected chi connectivity index (χ3v) is 3.41. The van der Waals surface area contributed by atoms with Crippen LogP contribution in [0.5, 0.6) is 0 Å². The number of rotatable bonds is 2. The highest BCUT2D eigenvalue weighted by molar-refractivity contribution is 4.80. The van der Waals surface area contributed by atoms with E-state index < -0.39 is 0 Å². The van der Waals surface area contributed by atoms with E-state index >= 15 is 0 Å². The Morgan fingerprint density at radius 1 is 1.36 bits per heavy atom. The van der Waals surface area contributed by atoms with Crippen molar-refractivity contribution < 1.29 is 0 Å². The molecule has 0 bridgehead atoms. The maximum Gasteiger partial charge on any atom is 0.0122 e. The summed E-state index contributed by atoms with van der Waals surface area (Å²) in [7, 11) is 2.24. The molecule has 84 valence electrons. The van der Waals surface area contributed by atoms with Crippen LogP contribution in [0, 0.1) is 5.92 Å². The zero-order chi connectivity index (χ0) is 10.8. The maximum absolute atomic E-state index is 3.51. The zero-order valence-electron chi connectivity index (χ0n) is 10.4. The molecular weight excluding hydrogens is 172 g/mol. The predicted octanol–water partition coefficient (Wildman–Crippen LogP) is 2.10. The van der Waals surface area contributed by atoms with Gasteiger partial charge in [0.05, 0.1) is 0 Å². The molecule has 0 aromatic heterocycles. The normalized spacial score (nSPS) is 29.6. The van der Waals surface area contributed by atoms with Gasteiger partial charge in [0.1, 0.15) is 0 Å². The minimum Gasteiger partial charge on any atom is -0.314 e. The molecule has 1 aliphatic heterocycles. The van der Waals surface area contributed by atoms with Gasteiger partial charge in [-0.2, -0.15) is 0 Å². The fraction of sp³-hybridized carbons (Fsp3) is 1.00. The number of hydrogen-bond donors (Lipinski definition) is 1. The van der Waals surface area contributed by atoms with Crippen molar-refractivity contribution in [3.05, 3.63) is 0 Å². The van der Waals surface area contributed by atoms with Crippen LogP contribution in [0.2, 0.25) is 0 Å². The molecule has 0 spiro atoms. The smallest absolute Gasteiger partial charge is 0.0122 e. The van der Waals surface area contributed by atoms with Crippen LogP contribution in [0.15, 0.2) is 0 Å². The molecule has 2 unspecified atom stereocenters. The van der Waals surface area contributed by atoms with Gasteiger partial charge in [-0.05, 0) is 60.0 Å². The van der Waals surface area contributed by atoms with E-state index in [2.05, 4.69) is 45.0 Å². The largest absolute Gasteiger partial charge is 0.314 e. The summed E-state index contributed by atoms with van der Waals surface area (Å²) in [4.78, 5) is 2.48. The van der Waals surface area contributed by atoms with Gasteiger partial charge in [0.15, 0.2) is 0 Å². The summed E-state index contributed by atoms with van der Waals surface area (Å²) in [5.74, 6) is 0.885. The molecular formula is C12H26N2. The number of piperidine rings is 1. The summed E-state index contributed by atoms with van der Waals surface area (Å²) in [6.45, 7) is 11.6. The van der Waals surface area contributed by atoms with Crippen molar-refractivity contribution in [3.8, 4) is 0 Å². The second-order valence-electron chi connectivity index (χ2n) is 5.80. The van der Waals surface area contributed by atoms with Crippen LogP contribution >= 0.6 is 0 Å². The summed E-state index contributed by atoms with van der Waals surface area (Å²) in [6, 6.07) is 0.710. The Morgan fingerprint density at radius 2 is 2.00 bits per heavy atom. The fourth-order valence-electron chi connectivity index (χ4n) is 2.06. The van der Waals surface area contributed by atoms with Gasteiger partial charge in [-0.1, -0.05) is 0 Å². The molecule has 1 N–H and O–H groups in total. The summed E-state index contributed by atoms with van der Waals surface area (Å²) in [5, 5.41) is 3.51. The quantitative estimate of drug-likeness (QED) is 0.731. The molecule has 0 aromatic carbocycles. The molecule has 0 amide bonds. The van der Waals surface area contributed by atoms with E-state index in [-0.39, 0.29) is 0 Å². The standard InChI is InChI=1S/C12H26N2/c1-10-8-11(6-7-13-10)9-14(5)12(2,3)4/h10-11,13H,6-9H2,1-5H3. The Hall–Kier alpha value is -0.0800. The van der Waals surface area contributed by atoms with Gasteiger partial charge in [-0.25, -0.2) is 0 Å². The van der Waals surface area contributed by atoms with Crippen molar-refractivity contribution in [2.45, 2.75) is 52.1 Å². The molecule has 2 atom stereocenters. The van der Waals surface area contributed by atoms with E-state index in [0.29, 0.717) is 11.6 Å². The van der Waals surface area contributed by atoms with Crippen LogP contribution in [-0.2, 0) is 0 Å². The number of nitrogens with one attached hydrogen (secondary N) is 1. The molecule has 1 rings (SSSR count). The fourth-order valence-corrected chi connectivity index (χ4v) is 2.06. The zero-order valence-corrected chi connectivity index (χ0v) is 10.4. The van der Waals surface area contributed by atoms with Crippen LogP contribution in [0.4, 0.5) is 0 Å². The van der Waals surface area contributed by atoms with Crippen LogP contribution in [0.1, 0.15) is 40.5 Å². The van der Waals surface area contributed by atoms with Crippen molar-refractivity contribution in [1.29, 1.82) is 0 Å². The second-order valence-corrected chi connectivity index (χ2v) is 5.80. The molecule has 1 saturated heterocycles. The average molecular weight is 198 g/mol. The van der Waals surface area contributed by atoms with E-state index in [0.717, 1.165) is 5.92 Å². The van der Waals surface area contributed by atoms with Gasteiger partial charge in [0, 0.05) is 18.1 Å². The lowest BCUT2D eigenvalue weighted by Crippen LogP contribution is -2.45. The highest BCUT2D eigenvalue weighted by atomic mass is 15.2. The lowest BCUT2D eigenvalue weighted by atomic mass is 9.91. The molecule has 1 heterocycles. The van der Waals surface area contributed by atoms with Crippen molar-refractivity contribution in [1.82, 2.24) is 10.2 Å². The van der Waals surface area contributed by atoms with Gasteiger partial charge >= 0.3 is 0 Å². The summed E-state index contributed by atoms with van der Waals surface area (Å²) < 4.78 is 0. The van der Waals surface area contributed by atoms with Crippen LogP contribution in [0.3, 0.4) is 0 Å².